The first-order valence-electron chi connectivity index (χ1n) is 9.16. The molecule has 1 fully saturated rings. The van der Waals surface area contributed by atoms with E-state index in [0.29, 0.717) is 11.5 Å². The molecule has 28 heavy (non-hydrogen) atoms. The van der Waals surface area contributed by atoms with Crippen molar-refractivity contribution in [1.29, 1.82) is 0 Å². The fraction of sp³-hybridized carbons (Fsp3) is 0.250. The Balaban J connectivity index is 1.65. The van der Waals surface area contributed by atoms with Crippen molar-refractivity contribution >= 4 is 16.4 Å². The van der Waals surface area contributed by atoms with Gasteiger partial charge in [-0.25, -0.2) is 0 Å². The monoisotopic (exact) mass is 396 g/mol. The second kappa shape index (κ2) is 7.93. The highest BCUT2D eigenvalue weighted by Gasteiger charge is 2.22. The van der Waals surface area contributed by atoms with E-state index in [2.05, 4.69) is 14.6 Å². The van der Waals surface area contributed by atoms with Crippen LogP contribution < -0.4 is 0 Å². The third-order valence-electron chi connectivity index (χ3n) is 4.58. The highest BCUT2D eigenvalue weighted by atomic mass is 32.2. The van der Waals surface area contributed by atoms with E-state index in [1.165, 1.54) is 18.8 Å². The van der Waals surface area contributed by atoms with E-state index in [1.807, 2.05) is 35.2 Å². The van der Waals surface area contributed by atoms with Gasteiger partial charge in [0.1, 0.15) is 11.2 Å². The molecule has 0 aliphatic carbocycles. The van der Waals surface area contributed by atoms with Gasteiger partial charge in [-0.15, -0.1) is 14.6 Å². The van der Waals surface area contributed by atoms with Gasteiger partial charge in [-0.3, -0.25) is 0 Å². The van der Waals surface area contributed by atoms with Gasteiger partial charge in [-0.1, -0.05) is 30.3 Å². The van der Waals surface area contributed by atoms with Crippen molar-refractivity contribution in [1.82, 2.24) is 15.1 Å². The van der Waals surface area contributed by atoms with Crippen molar-refractivity contribution in [2.45, 2.75) is 24.2 Å². The van der Waals surface area contributed by atoms with E-state index in [9.17, 15) is 8.42 Å². The van der Waals surface area contributed by atoms with E-state index in [4.69, 9.17) is 4.42 Å². The molecule has 0 N–H and O–H groups in total. The summed E-state index contributed by atoms with van der Waals surface area (Å²) >= 11 is 0. The minimum Gasteiger partial charge on any atom is -0.416 e. The third-order valence-corrected chi connectivity index (χ3v) is 5.86. The molecule has 2 aromatic carbocycles. The second-order valence-corrected chi connectivity index (χ2v) is 8.17. The lowest BCUT2D eigenvalue weighted by atomic mass is 10.1. The van der Waals surface area contributed by atoms with Crippen LogP contribution in [-0.2, 0) is 10.0 Å². The van der Waals surface area contributed by atoms with Crippen LogP contribution in [0.4, 0.5) is 0 Å². The van der Waals surface area contributed by atoms with Crippen LogP contribution in [0.2, 0.25) is 0 Å². The Morgan fingerprint density at radius 1 is 0.893 bits per heavy atom. The fourth-order valence-electron chi connectivity index (χ4n) is 3.12. The number of nitrogens with zero attached hydrogens (tertiary/aromatic N) is 4. The summed E-state index contributed by atoms with van der Waals surface area (Å²) < 4.78 is 35.3. The standard InChI is InChI=1S/C20H20N4O3S/c25-28(26,21-15-24-13-7-2-8-14-24)18-12-6-5-11-17(18)20-23-22-19(27-20)16-9-3-1-4-10-16/h1,3-6,9-12,15H,2,7-8,13-14H2. The summed E-state index contributed by atoms with van der Waals surface area (Å²) in [5.41, 5.74) is 1.11. The zero-order valence-corrected chi connectivity index (χ0v) is 16.0. The van der Waals surface area contributed by atoms with Crippen LogP contribution in [-0.4, -0.2) is 42.9 Å². The van der Waals surface area contributed by atoms with Gasteiger partial charge in [0.2, 0.25) is 11.8 Å². The van der Waals surface area contributed by atoms with Crippen molar-refractivity contribution in [3.05, 3.63) is 54.6 Å². The summed E-state index contributed by atoms with van der Waals surface area (Å²) in [6.07, 6.45) is 4.69. The maximum atomic E-state index is 12.8. The summed E-state index contributed by atoms with van der Waals surface area (Å²) in [6, 6.07) is 15.9. The van der Waals surface area contributed by atoms with Crippen LogP contribution in [0.3, 0.4) is 0 Å². The molecule has 8 heteroatoms. The average Bonchev–Trinajstić information content (AvgIpc) is 3.24. The Kier molecular flexibility index (Phi) is 5.21. The minimum absolute atomic E-state index is 0.0477. The molecule has 0 radical (unpaired) electrons. The molecule has 3 aromatic rings. The molecule has 1 aliphatic heterocycles. The number of hydrogen-bond acceptors (Lipinski definition) is 5. The highest BCUT2D eigenvalue weighted by molar-refractivity contribution is 7.90. The van der Waals surface area contributed by atoms with Gasteiger partial charge in [0, 0.05) is 18.7 Å². The van der Waals surface area contributed by atoms with Crippen LogP contribution >= 0.6 is 0 Å². The van der Waals surface area contributed by atoms with Crippen LogP contribution in [0.15, 0.2) is 68.3 Å². The van der Waals surface area contributed by atoms with Crippen molar-refractivity contribution in [2.24, 2.45) is 4.40 Å². The van der Waals surface area contributed by atoms with Gasteiger partial charge in [0.15, 0.2) is 0 Å². The number of hydrogen-bond donors (Lipinski definition) is 0. The van der Waals surface area contributed by atoms with Crippen LogP contribution in [0, 0.1) is 0 Å². The number of aromatic nitrogens is 2. The van der Waals surface area contributed by atoms with Crippen molar-refractivity contribution in [2.75, 3.05) is 13.1 Å². The van der Waals surface area contributed by atoms with Gasteiger partial charge >= 0.3 is 0 Å². The van der Waals surface area contributed by atoms with Gasteiger partial charge in [-0.2, -0.15) is 8.42 Å². The van der Waals surface area contributed by atoms with E-state index >= 15 is 0 Å². The minimum atomic E-state index is -3.89. The lowest BCUT2D eigenvalue weighted by molar-refractivity contribution is 0.351. The molecule has 4 rings (SSSR count). The molecule has 0 bridgehead atoms. The van der Waals surface area contributed by atoms with Gasteiger partial charge in [-0.05, 0) is 43.5 Å². The van der Waals surface area contributed by atoms with Crippen LogP contribution in [0.5, 0.6) is 0 Å². The van der Waals surface area contributed by atoms with Gasteiger partial charge in [0.25, 0.3) is 10.0 Å². The SMILES string of the molecule is O=S(=O)(N=CN1CCCCC1)c1ccccc1-c1nnc(-c2ccccc2)o1. The summed E-state index contributed by atoms with van der Waals surface area (Å²) in [5.74, 6) is 0.478. The summed E-state index contributed by atoms with van der Waals surface area (Å²) in [4.78, 5) is 1.98. The Labute approximate surface area is 163 Å². The third kappa shape index (κ3) is 3.96. The summed E-state index contributed by atoms with van der Waals surface area (Å²) in [7, 11) is -3.89. The molecular weight excluding hydrogens is 376 g/mol. The molecule has 2 heterocycles. The maximum absolute atomic E-state index is 12.8. The maximum Gasteiger partial charge on any atom is 0.284 e. The van der Waals surface area contributed by atoms with Crippen molar-refractivity contribution in [3.8, 4) is 22.9 Å². The number of benzene rings is 2. The average molecular weight is 396 g/mol. The Hall–Kier alpha value is -3.00. The molecule has 1 aliphatic rings. The van der Waals surface area contributed by atoms with E-state index in [0.717, 1.165) is 31.5 Å². The molecule has 7 nitrogen and oxygen atoms in total. The molecule has 0 saturated carbocycles. The smallest absolute Gasteiger partial charge is 0.284 e. The predicted octanol–water partition coefficient (Wildman–Crippen LogP) is 3.61. The lowest BCUT2D eigenvalue weighted by Gasteiger charge is -2.23. The fourth-order valence-corrected chi connectivity index (χ4v) is 4.17. The van der Waals surface area contributed by atoms with E-state index in [-0.39, 0.29) is 10.8 Å². The number of rotatable bonds is 5. The molecule has 1 aromatic heterocycles. The van der Waals surface area contributed by atoms with E-state index in [1.54, 1.807) is 18.2 Å². The first-order valence-corrected chi connectivity index (χ1v) is 10.6. The first kappa shape index (κ1) is 18.4. The molecule has 0 atom stereocenters. The van der Waals surface area contributed by atoms with Crippen molar-refractivity contribution < 1.29 is 12.8 Å². The quantitative estimate of drug-likeness (QED) is 0.484. The Morgan fingerprint density at radius 3 is 2.36 bits per heavy atom. The number of sulfonamides is 1. The molecule has 0 spiro atoms. The zero-order valence-electron chi connectivity index (χ0n) is 15.2. The van der Waals surface area contributed by atoms with E-state index < -0.39 is 10.0 Å². The zero-order chi connectivity index (χ0) is 19.4. The predicted molar refractivity (Wildman–Crippen MR) is 106 cm³/mol. The van der Waals surface area contributed by atoms with Gasteiger partial charge < -0.3 is 9.32 Å². The summed E-state index contributed by atoms with van der Waals surface area (Å²) in [5, 5.41) is 8.09. The first-order chi connectivity index (χ1) is 13.6. The van der Waals surface area contributed by atoms with Crippen LogP contribution in [0.25, 0.3) is 22.9 Å². The van der Waals surface area contributed by atoms with Crippen LogP contribution in [0.1, 0.15) is 19.3 Å². The number of likely N-dealkylation sites (tertiary alicyclic amines) is 1. The summed E-state index contributed by atoms with van der Waals surface area (Å²) in [6.45, 7) is 1.65. The normalized spacial score (nSPS) is 15.2. The lowest BCUT2D eigenvalue weighted by Crippen LogP contribution is -2.28. The largest absolute Gasteiger partial charge is 0.416 e. The van der Waals surface area contributed by atoms with Gasteiger partial charge in [0.05, 0.1) is 5.56 Å². The molecule has 1 saturated heterocycles. The Bertz CT molecular complexity index is 1070. The Morgan fingerprint density at radius 2 is 1.57 bits per heavy atom. The number of piperidine rings is 1. The van der Waals surface area contributed by atoms with Crippen molar-refractivity contribution in [3.63, 3.8) is 0 Å². The molecule has 0 amide bonds. The second-order valence-electron chi connectivity index (χ2n) is 6.57. The highest BCUT2D eigenvalue weighted by Crippen LogP contribution is 2.29. The molecule has 144 valence electrons. The topological polar surface area (TPSA) is 88.7 Å². The molecular formula is C20H20N4O3S. The molecule has 0 unspecified atom stereocenters.